The number of carboxylic acid groups (broad SMARTS) is 2. The molecule has 1 saturated carbocycles. The van der Waals surface area contributed by atoms with Gasteiger partial charge in [-0.25, -0.2) is 9.59 Å². The van der Waals surface area contributed by atoms with E-state index in [2.05, 4.69) is 135 Å². The van der Waals surface area contributed by atoms with Gasteiger partial charge >= 0.3 is 11.9 Å². The van der Waals surface area contributed by atoms with E-state index in [4.69, 9.17) is 0 Å². The SMILES string of the molecule is CCCCCCCCc1cc(-c2ccc(C#Cc3ccc(C(=O)NC4CCCCC4NC(=O)c4ccc(C#Cc5ccc(-c6cc(CCCCCCCC)cc(-c7ccc(C#C[Si](C)(C)C)cc7)c6C(=O)O)cc5)cc4)cc3)cc2)c(C(=O)O)c(-c2ccc(C#C[Si](C)(C)C)cc2)c1. The third-order valence-electron chi connectivity index (χ3n) is 17.8. The van der Waals surface area contributed by atoms with Gasteiger partial charge in [0, 0.05) is 56.6 Å². The summed E-state index contributed by atoms with van der Waals surface area (Å²) in [7, 11) is -3.15. The van der Waals surface area contributed by atoms with E-state index >= 15 is 0 Å². The minimum absolute atomic E-state index is 0.222. The normalized spacial score (nSPS) is 13.4. The summed E-state index contributed by atoms with van der Waals surface area (Å²) < 4.78 is 0. The van der Waals surface area contributed by atoms with Gasteiger partial charge in [0.1, 0.15) is 16.1 Å². The standard InChI is InChI=1S/C88H94N2O6Si2/c1-9-11-13-15-17-19-23-69-59-77(83(87(93)94)79(61-69)73-47-35-67(36-48-73)55-57-97(3,4)5)71-43-31-63(32-44-71)27-29-65-39-51-75(52-40-65)85(91)89-81-25-21-22-26-82(81)90-86(92)76-53-41-66(42-54-76)30-28-64-33-45-72(46-34-64)78-60-70(24-20-18-16-14-12-10-2)62-80(84(78)88(95)96)74-49-37-68(38-50-74)56-58-98(6,7)8/h31-54,59-62,81-82H,9-26H2,1-8H3,(H,89,91)(H,90,92)(H,93,94)(H,95,96). The molecule has 2 atom stereocenters. The summed E-state index contributed by atoms with van der Waals surface area (Å²) in [5, 5.41) is 28.1. The fourth-order valence-electron chi connectivity index (χ4n) is 12.4. The van der Waals surface area contributed by atoms with Crippen LogP contribution in [0.5, 0.6) is 0 Å². The molecule has 9 rings (SSSR count). The van der Waals surface area contributed by atoms with Crippen LogP contribution in [-0.4, -0.2) is 62.2 Å². The smallest absolute Gasteiger partial charge is 0.336 e. The zero-order valence-corrected chi connectivity index (χ0v) is 60.6. The van der Waals surface area contributed by atoms with E-state index in [1.165, 1.54) is 51.4 Å². The predicted octanol–water partition coefficient (Wildman–Crippen LogP) is 20.3. The first-order chi connectivity index (χ1) is 47.2. The first-order valence-corrected chi connectivity index (χ1v) is 42.3. The Morgan fingerprint density at radius 1 is 0.367 bits per heavy atom. The summed E-state index contributed by atoms with van der Waals surface area (Å²) in [6, 6.07) is 53.5. The molecule has 0 aromatic heterocycles. The number of aromatic carboxylic acids is 2. The highest BCUT2D eigenvalue weighted by Gasteiger charge is 2.29. The average molecular weight is 1330 g/mol. The Morgan fingerprint density at radius 3 is 0.888 bits per heavy atom. The number of carbonyl (C=O) groups excluding carboxylic acids is 2. The molecule has 98 heavy (non-hydrogen) atoms. The van der Waals surface area contributed by atoms with Crippen molar-refractivity contribution < 1.29 is 29.4 Å². The number of aryl methyl sites for hydroxylation is 2. The van der Waals surface area contributed by atoms with Gasteiger partial charge in [-0.05, 0) is 191 Å². The lowest BCUT2D eigenvalue weighted by Gasteiger charge is -2.33. The maximum Gasteiger partial charge on any atom is 0.336 e. The largest absolute Gasteiger partial charge is 0.478 e. The molecule has 1 aliphatic rings. The van der Waals surface area contributed by atoms with E-state index in [0.717, 1.165) is 131 Å². The zero-order chi connectivity index (χ0) is 69.6. The van der Waals surface area contributed by atoms with Crippen LogP contribution in [0.1, 0.15) is 203 Å². The van der Waals surface area contributed by atoms with Gasteiger partial charge in [0.15, 0.2) is 0 Å². The van der Waals surface area contributed by atoms with Crippen molar-refractivity contribution in [3.8, 4) is 91.1 Å². The third kappa shape index (κ3) is 21.4. The van der Waals surface area contributed by atoms with E-state index < -0.39 is 28.1 Å². The van der Waals surface area contributed by atoms with E-state index in [1.807, 2.05) is 121 Å². The lowest BCUT2D eigenvalue weighted by molar-refractivity contribution is 0.0687. The number of rotatable bonds is 24. The molecule has 0 spiro atoms. The molecular weight excluding hydrogens is 1240 g/mol. The molecule has 2 amide bonds. The van der Waals surface area contributed by atoms with Crippen molar-refractivity contribution in [1.29, 1.82) is 0 Å². The molecule has 0 aliphatic heterocycles. The van der Waals surface area contributed by atoms with Crippen LogP contribution in [0, 0.1) is 46.6 Å². The summed E-state index contributed by atoms with van der Waals surface area (Å²) in [4.78, 5) is 54.0. The van der Waals surface area contributed by atoms with E-state index in [9.17, 15) is 29.4 Å². The Morgan fingerprint density at radius 2 is 0.622 bits per heavy atom. The van der Waals surface area contributed by atoms with Crippen LogP contribution in [0.25, 0.3) is 44.5 Å². The number of nitrogens with one attached hydrogen (secondary N) is 2. The number of unbranched alkanes of at least 4 members (excludes halogenated alkanes) is 10. The summed E-state index contributed by atoms with van der Waals surface area (Å²) in [6.07, 6.45) is 19.1. The zero-order valence-electron chi connectivity index (χ0n) is 58.6. The minimum atomic E-state index is -1.57. The van der Waals surface area contributed by atoms with Crippen LogP contribution in [0.3, 0.4) is 0 Å². The minimum Gasteiger partial charge on any atom is -0.478 e. The number of hydrogen-bond donors (Lipinski definition) is 4. The summed E-state index contributed by atoms with van der Waals surface area (Å²) >= 11 is 0. The quantitative estimate of drug-likeness (QED) is 0.0271. The summed E-state index contributed by atoms with van der Waals surface area (Å²) in [5.74, 6) is 17.2. The number of hydrogen-bond acceptors (Lipinski definition) is 4. The van der Waals surface area contributed by atoms with Gasteiger partial charge in [0.2, 0.25) is 0 Å². The highest BCUT2D eigenvalue weighted by Crippen LogP contribution is 2.38. The highest BCUT2D eigenvalue weighted by molar-refractivity contribution is 6.84. The second-order valence-electron chi connectivity index (χ2n) is 28.2. The van der Waals surface area contributed by atoms with Gasteiger partial charge in [0.25, 0.3) is 11.8 Å². The average Bonchev–Trinajstić information content (AvgIpc) is 0.783. The van der Waals surface area contributed by atoms with Crippen LogP contribution in [-0.2, 0) is 12.8 Å². The van der Waals surface area contributed by atoms with Crippen molar-refractivity contribution in [3.05, 3.63) is 237 Å². The molecule has 0 radical (unpaired) electrons. The van der Waals surface area contributed by atoms with Crippen molar-refractivity contribution in [2.75, 3.05) is 0 Å². The van der Waals surface area contributed by atoms with Gasteiger partial charge in [-0.3, -0.25) is 9.59 Å². The molecule has 0 bridgehead atoms. The Balaban J connectivity index is 0.824. The van der Waals surface area contributed by atoms with Gasteiger partial charge in [-0.1, -0.05) is 238 Å². The van der Waals surface area contributed by atoms with Gasteiger partial charge in [-0.2, -0.15) is 0 Å². The molecule has 1 fully saturated rings. The topological polar surface area (TPSA) is 133 Å². The molecule has 8 aromatic carbocycles. The summed E-state index contributed by atoms with van der Waals surface area (Å²) in [6.45, 7) is 17.8. The number of amides is 2. The Labute approximate surface area is 585 Å². The van der Waals surface area contributed by atoms with Crippen molar-refractivity contribution in [2.45, 2.75) is 181 Å². The molecule has 8 nitrogen and oxygen atoms in total. The van der Waals surface area contributed by atoms with Crippen molar-refractivity contribution in [3.63, 3.8) is 0 Å². The third-order valence-corrected chi connectivity index (χ3v) is 19.6. The Kier molecular flexibility index (Phi) is 25.9. The maximum atomic E-state index is 13.8. The van der Waals surface area contributed by atoms with E-state index in [0.29, 0.717) is 33.4 Å². The lowest BCUT2D eigenvalue weighted by atomic mass is 9.88. The molecule has 10 heteroatoms. The summed E-state index contributed by atoms with van der Waals surface area (Å²) in [5.41, 5.74) is 21.5. The first-order valence-electron chi connectivity index (χ1n) is 35.3. The number of benzene rings is 8. The van der Waals surface area contributed by atoms with Crippen molar-refractivity contribution in [1.82, 2.24) is 10.6 Å². The second kappa shape index (κ2) is 35.0. The first kappa shape index (κ1) is 72.6. The predicted molar refractivity (Wildman–Crippen MR) is 409 cm³/mol. The highest BCUT2D eigenvalue weighted by atomic mass is 28.3. The Hall–Kier alpha value is -9.69. The molecule has 2 unspecified atom stereocenters. The Bertz CT molecular complexity index is 4070. The fourth-order valence-corrected chi connectivity index (χ4v) is 13.5. The molecule has 1 aliphatic carbocycles. The monoisotopic (exact) mass is 1330 g/mol. The van der Waals surface area contributed by atoms with Crippen LogP contribution in [0.2, 0.25) is 39.3 Å². The van der Waals surface area contributed by atoms with Crippen LogP contribution in [0.4, 0.5) is 0 Å². The lowest BCUT2D eigenvalue weighted by Crippen LogP contribution is -2.53. The molecule has 0 heterocycles. The number of carbonyl (C=O) groups is 4. The molecule has 500 valence electrons. The van der Waals surface area contributed by atoms with Crippen molar-refractivity contribution in [2.24, 2.45) is 0 Å². The van der Waals surface area contributed by atoms with E-state index in [-0.39, 0.29) is 35.0 Å². The second-order valence-corrected chi connectivity index (χ2v) is 37.7. The molecule has 4 N–H and O–H groups in total. The van der Waals surface area contributed by atoms with Gasteiger partial charge in [0.05, 0.1) is 11.1 Å². The molecule has 0 saturated heterocycles. The molecule has 8 aromatic rings. The van der Waals surface area contributed by atoms with Crippen LogP contribution >= 0.6 is 0 Å². The maximum absolute atomic E-state index is 13.8. The van der Waals surface area contributed by atoms with Gasteiger partial charge in [-0.15, -0.1) is 11.1 Å². The number of carboxylic acids is 2. The van der Waals surface area contributed by atoms with Crippen molar-refractivity contribution >= 4 is 39.9 Å². The van der Waals surface area contributed by atoms with Crippen LogP contribution < -0.4 is 10.6 Å². The fraction of sp³-hybridized carbons (Fsp3) is 0.318. The van der Waals surface area contributed by atoms with E-state index in [1.54, 1.807) is 24.3 Å². The van der Waals surface area contributed by atoms with Crippen LogP contribution in [0.15, 0.2) is 170 Å². The molecular formula is C88H94N2O6Si2. The van der Waals surface area contributed by atoms with Gasteiger partial charge < -0.3 is 20.8 Å².